The third-order valence-electron chi connectivity index (χ3n) is 4.09. The van der Waals surface area contributed by atoms with Gasteiger partial charge in [0.2, 0.25) is 0 Å². The van der Waals surface area contributed by atoms with Crippen molar-refractivity contribution in [2.24, 2.45) is 0 Å². The zero-order valence-electron chi connectivity index (χ0n) is 10.8. The maximum atomic E-state index is 11.7. The molecule has 0 radical (unpaired) electrons. The molecule has 1 saturated carbocycles. The van der Waals surface area contributed by atoms with Crippen molar-refractivity contribution in [3.63, 3.8) is 0 Å². The summed E-state index contributed by atoms with van der Waals surface area (Å²) in [5.41, 5.74) is 0.225. The quantitative estimate of drug-likeness (QED) is 0.752. The number of nitrogens with zero attached hydrogens (tertiary/aromatic N) is 1. The Hall–Kier alpha value is -0.610. The van der Waals surface area contributed by atoms with Crippen molar-refractivity contribution < 1.29 is 9.53 Å². The molecule has 0 aromatic heterocycles. The van der Waals surface area contributed by atoms with Gasteiger partial charge in [-0.3, -0.25) is 9.69 Å². The molecule has 2 fully saturated rings. The fourth-order valence-corrected chi connectivity index (χ4v) is 3.20. The van der Waals surface area contributed by atoms with Gasteiger partial charge in [0.25, 0.3) is 0 Å². The van der Waals surface area contributed by atoms with Gasteiger partial charge in [-0.05, 0) is 19.8 Å². The van der Waals surface area contributed by atoms with Crippen molar-refractivity contribution in [2.75, 3.05) is 32.8 Å². The SMILES string of the molecule is CCOC(=O)CN1CCNCC12CCCCC2. The zero-order valence-corrected chi connectivity index (χ0v) is 10.8. The summed E-state index contributed by atoms with van der Waals surface area (Å²) < 4.78 is 5.08. The van der Waals surface area contributed by atoms with Gasteiger partial charge < -0.3 is 10.1 Å². The van der Waals surface area contributed by atoms with Crippen molar-refractivity contribution in [1.29, 1.82) is 0 Å². The Balaban J connectivity index is 1.98. The molecule has 1 saturated heterocycles. The summed E-state index contributed by atoms with van der Waals surface area (Å²) in [5, 5.41) is 3.49. The van der Waals surface area contributed by atoms with Crippen LogP contribution in [0.3, 0.4) is 0 Å². The summed E-state index contributed by atoms with van der Waals surface area (Å²) in [6, 6.07) is 0. The van der Waals surface area contributed by atoms with Crippen molar-refractivity contribution in [1.82, 2.24) is 10.2 Å². The molecule has 0 amide bonds. The number of ether oxygens (including phenoxy) is 1. The van der Waals surface area contributed by atoms with E-state index in [0.29, 0.717) is 13.2 Å². The van der Waals surface area contributed by atoms with Crippen molar-refractivity contribution in [3.8, 4) is 0 Å². The van der Waals surface area contributed by atoms with Gasteiger partial charge in [-0.2, -0.15) is 0 Å². The Bertz CT molecular complexity index is 254. The van der Waals surface area contributed by atoms with Gasteiger partial charge in [-0.1, -0.05) is 19.3 Å². The zero-order chi connectivity index (χ0) is 12.1. The first-order valence-corrected chi connectivity index (χ1v) is 6.88. The molecular formula is C13H24N2O2. The van der Waals surface area contributed by atoms with Gasteiger partial charge in [0.15, 0.2) is 0 Å². The lowest BCUT2D eigenvalue weighted by atomic mass is 9.79. The Morgan fingerprint density at radius 1 is 1.35 bits per heavy atom. The Morgan fingerprint density at radius 3 is 2.82 bits per heavy atom. The highest BCUT2D eigenvalue weighted by atomic mass is 16.5. The summed E-state index contributed by atoms with van der Waals surface area (Å²) in [6.45, 7) is 5.81. The van der Waals surface area contributed by atoms with E-state index < -0.39 is 0 Å². The second-order valence-electron chi connectivity index (χ2n) is 5.19. The Morgan fingerprint density at radius 2 is 2.12 bits per heavy atom. The van der Waals surface area contributed by atoms with Gasteiger partial charge in [0, 0.05) is 25.2 Å². The molecule has 1 heterocycles. The lowest BCUT2D eigenvalue weighted by Gasteiger charge is -2.49. The summed E-state index contributed by atoms with van der Waals surface area (Å²) in [6.07, 6.45) is 6.37. The average molecular weight is 240 g/mol. The molecule has 0 aromatic rings. The number of hydrogen-bond donors (Lipinski definition) is 1. The minimum Gasteiger partial charge on any atom is -0.465 e. The molecule has 98 valence electrons. The van der Waals surface area contributed by atoms with Crippen molar-refractivity contribution in [2.45, 2.75) is 44.6 Å². The Labute approximate surface area is 104 Å². The normalized spacial score (nSPS) is 24.8. The molecule has 4 heteroatoms. The average Bonchev–Trinajstić information content (AvgIpc) is 2.34. The number of nitrogens with one attached hydrogen (secondary N) is 1. The van der Waals surface area contributed by atoms with E-state index >= 15 is 0 Å². The number of hydrogen-bond acceptors (Lipinski definition) is 4. The van der Waals surface area contributed by atoms with Gasteiger partial charge in [-0.15, -0.1) is 0 Å². The van der Waals surface area contributed by atoms with Crippen LogP contribution in [0.5, 0.6) is 0 Å². The number of rotatable bonds is 3. The van der Waals surface area contributed by atoms with Crippen molar-refractivity contribution in [3.05, 3.63) is 0 Å². The molecule has 2 aliphatic rings. The number of carbonyl (C=O) groups excluding carboxylic acids is 1. The standard InChI is InChI=1S/C13H24N2O2/c1-2-17-12(16)10-15-9-8-14-11-13(15)6-4-3-5-7-13/h14H,2-11H2,1H3. The third kappa shape index (κ3) is 2.99. The molecule has 1 spiro atoms. The van der Waals surface area contributed by atoms with E-state index in [1.54, 1.807) is 0 Å². The fourth-order valence-electron chi connectivity index (χ4n) is 3.20. The smallest absolute Gasteiger partial charge is 0.320 e. The van der Waals surface area contributed by atoms with Crippen LogP contribution in [-0.4, -0.2) is 49.2 Å². The number of carbonyl (C=O) groups is 1. The Kier molecular flexibility index (Phi) is 4.40. The third-order valence-corrected chi connectivity index (χ3v) is 4.09. The lowest BCUT2D eigenvalue weighted by molar-refractivity contribution is -0.147. The first kappa shape index (κ1) is 12.8. The van der Waals surface area contributed by atoms with Gasteiger partial charge in [0.05, 0.1) is 13.2 Å². The van der Waals surface area contributed by atoms with E-state index in [9.17, 15) is 4.79 Å². The van der Waals surface area contributed by atoms with Crippen LogP contribution in [0.15, 0.2) is 0 Å². The maximum absolute atomic E-state index is 11.7. The number of piperazine rings is 1. The molecule has 2 rings (SSSR count). The van der Waals surface area contributed by atoms with E-state index in [-0.39, 0.29) is 11.5 Å². The first-order valence-electron chi connectivity index (χ1n) is 6.88. The van der Waals surface area contributed by atoms with Crippen LogP contribution in [0.25, 0.3) is 0 Å². The molecule has 1 aliphatic carbocycles. The predicted octanol–water partition coefficient (Wildman–Crippen LogP) is 1.16. The van der Waals surface area contributed by atoms with Crippen LogP contribution in [0, 0.1) is 0 Å². The monoisotopic (exact) mass is 240 g/mol. The van der Waals surface area contributed by atoms with E-state index in [0.717, 1.165) is 19.6 Å². The van der Waals surface area contributed by atoms with E-state index in [1.165, 1.54) is 32.1 Å². The van der Waals surface area contributed by atoms with Crippen LogP contribution in [0.1, 0.15) is 39.0 Å². The van der Waals surface area contributed by atoms with Crippen LogP contribution in [-0.2, 0) is 9.53 Å². The van der Waals surface area contributed by atoms with Crippen molar-refractivity contribution >= 4 is 5.97 Å². The molecule has 0 aromatic carbocycles. The van der Waals surface area contributed by atoms with Gasteiger partial charge in [0.1, 0.15) is 0 Å². The summed E-state index contributed by atoms with van der Waals surface area (Å²) in [5.74, 6) is -0.0700. The minimum absolute atomic E-state index is 0.0700. The fraction of sp³-hybridized carbons (Fsp3) is 0.923. The van der Waals surface area contributed by atoms with E-state index in [2.05, 4.69) is 10.2 Å². The topological polar surface area (TPSA) is 41.6 Å². The predicted molar refractivity (Wildman–Crippen MR) is 66.9 cm³/mol. The first-order chi connectivity index (χ1) is 8.27. The lowest BCUT2D eigenvalue weighted by Crippen LogP contribution is -2.63. The van der Waals surface area contributed by atoms with E-state index in [1.807, 2.05) is 6.92 Å². The van der Waals surface area contributed by atoms with Crippen LogP contribution in [0.2, 0.25) is 0 Å². The molecule has 0 atom stereocenters. The second-order valence-corrected chi connectivity index (χ2v) is 5.19. The molecule has 17 heavy (non-hydrogen) atoms. The van der Waals surface area contributed by atoms with Crippen LogP contribution >= 0.6 is 0 Å². The largest absolute Gasteiger partial charge is 0.465 e. The highest BCUT2D eigenvalue weighted by molar-refractivity contribution is 5.71. The molecule has 0 unspecified atom stereocenters. The van der Waals surface area contributed by atoms with Gasteiger partial charge >= 0.3 is 5.97 Å². The van der Waals surface area contributed by atoms with Crippen LogP contribution < -0.4 is 5.32 Å². The summed E-state index contributed by atoms with van der Waals surface area (Å²) in [7, 11) is 0. The highest BCUT2D eigenvalue weighted by Crippen LogP contribution is 2.34. The number of esters is 1. The summed E-state index contributed by atoms with van der Waals surface area (Å²) in [4.78, 5) is 14.0. The molecular weight excluding hydrogens is 216 g/mol. The molecule has 1 aliphatic heterocycles. The highest BCUT2D eigenvalue weighted by Gasteiger charge is 2.40. The maximum Gasteiger partial charge on any atom is 0.320 e. The molecule has 0 bridgehead atoms. The minimum atomic E-state index is -0.0700. The van der Waals surface area contributed by atoms with E-state index in [4.69, 9.17) is 4.74 Å². The van der Waals surface area contributed by atoms with Gasteiger partial charge in [-0.25, -0.2) is 0 Å². The summed E-state index contributed by atoms with van der Waals surface area (Å²) >= 11 is 0. The van der Waals surface area contributed by atoms with Crippen LogP contribution in [0.4, 0.5) is 0 Å². The molecule has 4 nitrogen and oxygen atoms in total. The molecule has 1 N–H and O–H groups in total. The second kappa shape index (κ2) is 5.83.